The molecule has 2 aromatic rings. The van der Waals surface area contributed by atoms with E-state index in [9.17, 15) is 18.0 Å². The summed E-state index contributed by atoms with van der Waals surface area (Å²) in [6.07, 6.45) is 0.675. The van der Waals surface area contributed by atoms with E-state index in [1.807, 2.05) is 4.90 Å². The van der Waals surface area contributed by atoms with Gasteiger partial charge in [-0.2, -0.15) is 18.2 Å². The van der Waals surface area contributed by atoms with E-state index < -0.39 is 12.0 Å². The predicted molar refractivity (Wildman–Crippen MR) is 104 cm³/mol. The molecule has 1 amide bonds. The minimum absolute atomic E-state index is 0.0728. The molecule has 4 heterocycles. The fourth-order valence-electron chi connectivity index (χ4n) is 4.67. The highest BCUT2D eigenvalue weighted by atomic mass is 19.4. The maximum atomic E-state index is 12.9. The molecule has 0 atom stereocenters. The molecule has 0 aromatic carbocycles. The van der Waals surface area contributed by atoms with Crippen LogP contribution < -0.4 is 0 Å². The number of rotatable bonds is 4. The van der Waals surface area contributed by atoms with E-state index >= 15 is 0 Å². The minimum Gasteiger partial charge on any atom is -0.343 e. The SMILES string of the molecule is Cc1nc2nc(C(F)(F)F)nn2c(C)c1CCC(=O)N1CCC(N2CCCC2)CC1. The average Bonchev–Trinajstić information content (AvgIpc) is 3.37. The zero-order valence-corrected chi connectivity index (χ0v) is 17.4. The first-order chi connectivity index (χ1) is 14.2. The maximum Gasteiger partial charge on any atom is 0.453 e. The topological polar surface area (TPSA) is 66.6 Å². The fraction of sp³-hybridized carbons (Fsp3) is 0.700. The second kappa shape index (κ2) is 8.13. The number of amides is 1. The predicted octanol–water partition coefficient (Wildman–Crippen LogP) is 2.78. The summed E-state index contributed by atoms with van der Waals surface area (Å²) in [5.41, 5.74) is 1.88. The van der Waals surface area contributed by atoms with Crippen molar-refractivity contribution in [1.29, 1.82) is 0 Å². The number of carbonyl (C=O) groups is 1. The summed E-state index contributed by atoms with van der Waals surface area (Å²) in [6.45, 7) is 7.31. The molecule has 0 spiro atoms. The van der Waals surface area contributed by atoms with Crippen molar-refractivity contribution in [2.45, 2.75) is 64.6 Å². The smallest absolute Gasteiger partial charge is 0.343 e. The number of carbonyl (C=O) groups excluding carboxylic acids is 1. The van der Waals surface area contributed by atoms with Crippen molar-refractivity contribution >= 4 is 11.7 Å². The van der Waals surface area contributed by atoms with Gasteiger partial charge in [-0.25, -0.2) is 9.50 Å². The average molecular weight is 424 g/mol. The molecule has 0 radical (unpaired) electrons. The Labute approximate surface area is 173 Å². The first-order valence-electron chi connectivity index (χ1n) is 10.6. The Hall–Kier alpha value is -2.23. The number of likely N-dealkylation sites (tertiary alicyclic amines) is 2. The highest BCUT2D eigenvalue weighted by Gasteiger charge is 2.37. The Morgan fingerprint density at radius 2 is 1.73 bits per heavy atom. The van der Waals surface area contributed by atoms with Gasteiger partial charge in [-0.1, -0.05) is 0 Å². The van der Waals surface area contributed by atoms with Crippen LogP contribution in [0.2, 0.25) is 0 Å². The van der Waals surface area contributed by atoms with Crippen LogP contribution in [0.15, 0.2) is 0 Å². The first kappa shape index (κ1) is 21.0. The van der Waals surface area contributed by atoms with Gasteiger partial charge in [0.1, 0.15) is 0 Å². The van der Waals surface area contributed by atoms with Crippen LogP contribution in [0.3, 0.4) is 0 Å². The Morgan fingerprint density at radius 3 is 2.37 bits per heavy atom. The summed E-state index contributed by atoms with van der Waals surface area (Å²) in [7, 11) is 0. The molecule has 2 fully saturated rings. The van der Waals surface area contributed by atoms with Crippen LogP contribution in [0.5, 0.6) is 0 Å². The zero-order valence-electron chi connectivity index (χ0n) is 17.4. The molecular formula is C20H27F3N6O. The molecule has 30 heavy (non-hydrogen) atoms. The van der Waals surface area contributed by atoms with Crippen LogP contribution in [-0.4, -0.2) is 67.5 Å². The molecular weight excluding hydrogens is 397 g/mol. The number of aromatic nitrogens is 4. The fourth-order valence-corrected chi connectivity index (χ4v) is 4.67. The number of nitrogens with zero attached hydrogens (tertiary/aromatic N) is 6. The van der Waals surface area contributed by atoms with Crippen molar-refractivity contribution in [3.05, 3.63) is 22.8 Å². The number of aryl methyl sites for hydroxylation is 2. The van der Waals surface area contributed by atoms with Crippen molar-refractivity contribution in [3.63, 3.8) is 0 Å². The van der Waals surface area contributed by atoms with Gasteiger partial charge >= 0.3 is 6.18 Å². The molecule has 10 heteroatoms. The van der Waals surface area contributed by atoms with Crippen LogP contribution >= 0.6 is 0 Å². The molecule has 2 saturated heterocycles. The van der Waals surface area contributed by atoms with Gasteiger partial charge in [0.05, 0.1) is 0 Å². The van der Waals surface area contributed by atoms with E-state index in [0.717, 1.165) is 36.0 Å². The van der Waals surface area contributed by atoms with Gasteiger partial charge in [0.25, 0.3) is 11.6 Å². The molecule has 2 aromatic heterocycles. The summed E-state index contributed by atoms with van der Waals surface area (Å²) in [4.78, 5) is 24.9. The number of hydrogen-bond acceptors (Lipinski definition) is 5. The van der Waals surface area contributed by atoms with Crippen molar-refractivity contribution in [2.75, 3.05) is 26.2 Å². The van der Waals surface area contributed by atoms with E-state index in [1.54, 1.807) is 13.8 Å². The van der Waals surface area contributed by atoms with Crippen molar-refractivity contribution in [1.82, 2.24) is 29.4 Å². The molecule has 0 unspecified atom stereocenters. The van der Waals surface area contributed by atoms with Gasteiger partial charge < -0.3 is 9.80 Å². The van der Waals surface area contributed by atoms with Crippen molar-refractivity contribution in [2.24, 2.45) is 0 Å². The summed E-state index contributed by atoms with van der Waals surface area (Å²) < 4.78 is 39.9. The molecule has 2 aliphatic heterocycles. The van der Waals surface area contributed by atoms with Crippen LogP contribution in [0.4, 0.5) is 13.2 Å². The van der Waals surface area contributed by atoms with Gasteiger partial charge in [0, 0.05) is 36.9 Å². The zero-order chi connectivity index (χ0) is 21.5. The highest BCUT2D eigenvalue weighted by molar-refractivity contribution is 5.76. The summed E-state index contributed by atoms with van der Waals surface area (Å²) >= 11 is 0. The molecule has 0 saturated carbocycles. The molecule has 4 rings (SSSR count). The summed E-state index contributed by atoms with van der Waals surface area (Å²) in [5.74, 6) is -1.19. The third kappa shape index (κ3) is 4.14. The third-order valence-corrected chi connectivity index (χ3v) is 6.37. The van der Waals surface area contributed by atoms with Gasteiger partial charge in [-0.05, 0) is 64.6 Å². The monoisotopic (exact) mass is 424 g/mol. The number of halogens is 3. The lowest BCUT2D eigenvalue weighted by Crippen LogP contribution is -2.46. The lowest BCUT2D eigenvalue weighted by atomic mass is 10.0. The van der Waals surface area contributed by atoms with Gasteiger partial charge in [0.2, 0.25) is 5.91 Å². The van der Waals surface area contributed by atoms with Crippen LogP contribution in [0.1, 0.15) is 54.9 Å². The van der Waals surface area contributed by atoms with Gasteiger partial charge in [-0.3, -0.25) is 4.79 Å². The van der Waals surface area contributed by atoms with Gasteiger partial charge in [0.15, 0.2) is 0 Å². The third-order valence-electron chi connectivity index (χ3n) is 6.37. The lowest BCUT2D eigenvalue weighted by molar-refractivity contribution is -0.144. The van der Waals surface area contributed by atoms with E-state index in [0.29, 0.717) is 30.3 Å². The molecule has 2 aliphatic rings. The standard InChI is InChI=1S/C20H27F3N6O/c1-13-16(14(2)29-19(24-13)25-18(26-29)20(21,22)23)5-6-17(30)28-11-7-15(8-12-28)27-9-3-4-10-27/h15H,3-12H2,1-2H3. The second-order valence-corrected chi connectivity index (χ2v) is 8.26. The summed E-state index contributed by atoms with van der Waals surface area (Å²) in [6, 6.07) is 0.586. The van der Waals surface area contributed by atoms with Crippen molar-refractivity contribution in [3.8, 4) is 0 Å². The Bertz CT molecular complexity index is 927. The van der Waals surface area contributed by atoms with Gasteiger partial charge in [-0.15, -0.1) is 5.10 Å². The second-order valence-electron chi connectivity index (χ2n) is 8.26. The molecule has 0 bridgehead atoms. The van der Waals surface area contributed by atoms with E-state index in [1.165, 1.54) is 25.9 Å². The highest BCUT2D eigenvalue weighted by Crippen LogP contribution is 2.27. The van der Waals surface area contributed by atoms with E-state index in [4.69, 9.17) is 0 Å². The quantitative estimate of drug-likeness (QED) is 0.755. The number of hydrogen-bond donors (Lipinski definition) is 0. The molecule has 0 aliphatic carbocycles. The van der Waals surface area contributed by atoms with Crippen LogP contribution in [0.25, 0.3) is 5.78 Å². The first-order valence-corrected chi connectivity index (χ1v) is 10.6. The van der Waals surface area contributed by atoms with E-state index in [-0.39, 0.29) is 11.7 Å². The lowest BCUT2D eigenvalue weighted by Gasteiger charge is -2.36. The van der Waals surface area contributed by atoms with Crippen molar-refractivity contribution < 1.29 is 18.0 Å². The number of piperidine rings is 1. The minimum atomic E-state index is -4.62. The molecule has 7 nitrogen and oxygen atoms in total. The molecule has 0 N–H and O–H groups in total. The Balaban J connectivity index is 1.40. The Morgan fingerprint density at radius 1 is 1.07 bits per heavy atom. The number of alkyl halides is 3. The number of fused-ring (bicyclic) bond motifs is 1. The van der Waals surface area contributed by atoms with Crippen LogP contribution in [-0.2, 0) is 17.4 Å². The van der Waals surface area contributed by atoms with E-state index in [2.05, 4.69) is 20.0 Å². The Kier molecular flexibility index (Phi) is 5.69. The summed E-state index contributed by atoms with van der Waals surface area (Å²) in [5, 5.41) is 3.57. The van der Waals surface area contributed by atoms with Crippen LogP contribution in [0, 0.1) is 13.8 Å². The largest absolute Gasteiger partial charge is 0.453 e. The molecule has 164 valence electrons. The maximum absolute atomic E-state index is 12.9. The normalized spacial score (nSPS) is 19.2.